The maximum absolute atomic E-state index is 12.4. The highest BCUT2D eigenvalue weighted by atomic mass is 16.5. The van der Waals surface area contributed by atoms with Crippen molar-refractivity contribution in [2.75, 3.05) is 19.7 Å². The second-order valence-electron chi connectivity index (χ2n) is 6.33. The van der Waals surface area contributed by atoms with E-state index in [9.17, 15) is 9.59 Å². The summed E-state index contributed by atoms with van der Waals surface area (Å²) >= 11 is 0. The number of rotatable bonds is 3. The fraction of sp³-hybridized carbons (Fsp3) is 0.688. The molecule has 1 aliphatic carbocycles. The molecule has 0 radical (unpaired) electrons. The molecule has 0 bridgehead atoms. The first-order valence-electron chi connectivity index (χ1n) is 8.09. The average molecular weight is 305 g/mol. The van der Waals surface area contributed by atoms with E-state index in [0.717, 1.165) is 0 Å². The van der Waals surface area contributed by atoms with Crippen LogP contribution in [0.1, 0.15) is 49.7 Å². The molecule has 3 rings (SSSR count). The number of amides is 1. The Bertz CT molecular complexity index is 593. The SMILES string of the molecule is Cc1cc(=O)[nH]c(C2CN(C(=O)CC3CCCC3)CCO2)n1. The van der Waals surface area contributed by atoms with Crippen LogP contribution in [0, 0.1) is 12.8 Å². The lowest BCUT2D eigenvalue weighted by Gasteiger charge is -2.33. The van der Waals surface area contributed by atoms with Gasteiger partial charge in [-0.05, 0) is 25.7 Å². The molecule has 1 atom stereocenters. The predicted octanol–water partition coefficient (Wildman–Crippen LogP) is 1.56. The van der Waals surface area contributed by atoms with Crippen LogP contribution in [0.5, 0.6) is 0 Å². The zero-order chi connectivity index (χ0) is 15.5. The van der Waals surface area contributed by atoms with Crippen LogP contribution < -0.4 is 5.56 Å². The topological polar surface area (TPSA) is 75.3 Å². The maximum Gasteiger partial charge on any atom is 0.251 e. The van der Waals surface area contributed by atoms with Gasteiger partial charge in [-0.25, -0.2) is 4.98 Å². The Kier molecular flexibility index (Phi) is 4.57. The van der Waals surface area contributed by atoms with E-state index < -0.39 is 0 Å². The highest BCUT2D eigenvalue weighted by molar-refractivity contribution is 5.76. The fourth-order valence-corrected chi connectivity index (χ4v) is 3.39. The number of aromatic amines is 1. The summed E-state index contributed by atoms with van der Waals surface area (Å²) in [5.74, 6) is 1.27. The van der Waals surface area contributed by atoms with Crippen LogP contribution in [0.2, 0.25) is 0 Å². The summed E-state index contributed by atoms with van der Waals surface area (Å²) in [6.45, 7) is 3.36. The van der Waals surface area contributed by atoms with Crippen molar-refractivity contribution in [1.82, 2.24) is 14.9 Å². The van der Waals surface area contributed by atoms with Gasteiger partial charge in [0.2, 0.25) is 5.91 Å². The van der Waals surface area contributed by atoms with Crippen molar-refractivity contribution in [3.05, 3.63) is 27.9 Å². The molecular formula is C16H23N3O3. The monoisotopic (exact) mass is 305 g/mol. The first kappa shape index (κ1) is 15.2. The Balaban J connectivity index is 1.65. The van der Waals surface area contributed by atoms with Gasteiger partial charge >= 0.3 is 0 Å². The Morgan fingerprint density at radius 3 is 2.95 bits per heavy atom. The molecule has 1 aromatic heterocycles. The van der Waals surface area contributed by atoms with E-state index in [0.29, 0.717) is 43.6 Å². The number of carbonyl (C=O) groups is 1. The van der Waals surface area contributed by atoms with Crippen molar-refractivity contribution in [3.63, 3.8) is 0 Å². The molecule has 0 aromatic carbocycles. The lowest BCUT2D eigenvalue weighted by molar-refractivity contribution is -0.140. The normalized spacial score (nSPS) is 23.0. The minimum Gasteiger partial charge on any atom is -0.367 e. The van der Waals surface area contributed by atoms with Crippen LogP contribution >= 0.6 is 0 Å². The van der Waals surface area contributed by atoms with Gasteiger partial charge < -0.3 is 14.6 Å². The molecule has 22 heavy (non-hydrogen) atoms. The molecule has 2 heterocycles. The summed E-state index contributed by atoms with van der Waals surface area (Å²) in [6.07, 6.45) is 5.15. The molecule has 120 valence electrons. The zero-order valence-corrected chi connectivity index (χ0v) is 13.0. The maximum atomic E-state index is 12.4. The number of aryl methyl sites for hydroxylation is 1. The molecule has 0 spiro atoms. The first-order valence-corrected chi connectivity index (χ1v) is 8.09. The van der Waals surface area contributed by atoms with Crippen LogP contribution in [0.3, 0.4) is 0 Å². The molecular weight excluding hydrogens is 282 g/mol. The largest absolute Gasteiger partial charge is 0.367 e. The van der Waals surface area contributed by atoms with E-state index in [1.54, 1.807) is 6.92 Å². The molecule has 2 aliphatic rings. The predicted molar refractivity (Wildman–Crippen MR) is 81.4 cm³/mol. The number of nitrogens with one attached hydrogen (secondary N) is 1. The Morgan fingerprint density at radius 2 is 2.23 bits per heavy atom. The smallest absolute Gasteiger partial charge is 0.251 e. The van der Waals surface area contributed by atoms with Gasteiger partial charge in [-0.15, -0.1) is 0 Å². The highest BCUT2D eigenvalue weighted by Gasteiger charge is 2.29. The van der Waals surface area contributed by atoms with E-state index in [-0.39, 0.29) is 17.6 Å². The van der Waals surface area contributed by atoms with Crippen LogP contribution in [0.25, 0.3) is 0 Å². The van der Waals surface area contributed by atoms with Gasteiger partial charge in [0, 0.05) is 24.7 Å². The molecule has 1 saturated heterocycles. The number of nitrogens with zero attached hydrogens (tertiary/aromatic N) is 2. The molecule has 1 amide bonds. The van der Waals surface area contributed by atoms with E-state index in [4.69, 9.17) is 4.74 Å². The number of H-pyrrole nitrogens is 1. The van der Waals surface area contributed by atoms with E-state index in [1.807, 2.05) is 4.90 Å². The molecule has 1 N–H and O–H groups in total. The third-order valence-corrected chi connectivity index (χ3v) is 4.55. The number of hydrogen-bond acceptors (Lipinski definition) is 4. The van der Waals surface area contributed by atoms with Gasteiger partial charge in [0.1, 0.15) is 11.9 Å². The second kappa shape index (κ2) is 6.60. The summed E-state index contributed by atoms with van der Waals surface area (Å²) in [6, 6.07) is 1.45. The molecule has 1 unspecified atom stereocenters. The van der Waals surface area contributed by atoms with Crippen molar-refractivity contribution >= 4 is 5.91 Å². The number of hydrogen-bond donors (Lipinski definition) is 1. The zero-order valence-electron chi connectivity index (χ0n) is 13.0. The lowest BCUT2D eigenvalue weighted by atomic mass is 10.0. The quantitative estimate of drug-likeness (QED) is 0.919. The summed E-state index contributed by atoms with van der Waals surface area (Å²) in [5, 5.41) is 0. The van der Waals surface area contributed by atoms with Gasteiger partial charge in [0.05, 0.1) is 13.2 Å². The van der Waals surface area contributed by atoms with Gasteiger partial charge in [-0.2, -0.15) is 0 Å². The van der Waals surface area contributed by atoms with Crippen LogP contribution in [-0.2, 0) is 9.53 Å². The highest BCUT2D eigenvalue weighted by Crippen LogP contribution is 2.29. The van der Waals surface area contributed by atoms with Crippen molar-refractivity contribution in [2.24, 2.45) is 5.92 Å². The number of ether oxygens (including phenoxy) is 1. The van der Waals surface area contributed by atoms with E-state index in [2.05, 4.69) is 9.97 Å². The molecule has 6 nitrogen and oxygen atoms in total. The average Bonchev–Trinajstić information content (AvgIpc) is 2.99. The fourth-order valence-electron chi connectivity index (χ4n) is 3.39. The Hall–Kier alpha value is -1.69. The standard InChI is InChI=1S/C16H23N3O3/c1-11-8-14(20)18-16(17-11)13-10-19(6-7-22-13)15(21)9-12-4-2-3-5-12/h8,12-13H,2-7,9-10H2,1H3,(H,17,18,20). The number of aromatic nitrogens is 2. The summed E-state index contributed by atoms with van der Waals surface area (Å²) < 4.78 is 5.70. The summed E-state index contributed by atoms with van der Waals surface area (Å²) in [7, 11) is 0. The minimum absolute atomic E-state index is 0.180. The summed E-state index contributed by atoms with van der Waals surface area (Å²) in [5.41, 5.74) is 0.484. The molecule has 2 fully saturated rings. The first-order chi connectivity index (χ1) is 10.6. The molecule has 1 aliphatic heterocycles. The van der Waals surface area contributed by atoms with Crippen molar-refractivity contribution < 1.29 is 9.53 Å². The van der Waals surface area contributed by atoms with Crippen molar-refractivity contribution in [2.45, 2.75) is 45.1 Å². The van der Waals surface area contributed by atoms with Crippen LogP contribution in [0.15, 0.2) is 10.9 Å². The van der Waals surface area contributed by atoms with Gasteiger partial charge in [-0.3, -0.25) is 9.59 Å². The third-order valence-electron chi connectivity index (χ3n) is 4.55. The van der Waals surface area contributed by atoms with Crippen LogP contribution in [-0.4, -0.2) is 40.5 Å². The van der Waals surface area contributed by atoms with Gasteiger partial charge in [0.25, 0.3) is 5.56 Å². The Labute approximate surface area is 129 Å². The molecule has 6 heteroatoms. The molecule has 1 saturated carbocycles. The Morgan fingerprint density at radius 1 is 1.45 bits per heavy atom. The van der Waals surface area contributed by atoms with Gasteiger partial charge in [0.15, 0.2) is 0 Å². The third kappa shape index (κ3) is 3.55. The van der Waals surface area contributed by atoms with Crippen molar-refractivity contribution in [3.8, 4) is 0 Å². The van der Waals surface area contributed by atoms with Gasteiger partial charge in [-0.1, -0.05) is 12.8 Å². The minimum atomic E-state index is -0.339. The molecule has 1 aromatic rings. The number of morpholine rings is 1. The van der Waals surface area contributed by atoms with E-state index in [1.165, 1.54) is 31.7 Å². The summed E-state index contributed by atoms with van der Waals surface area (Å²) in [4.78, 5) is 32.9. The van der Waals surface area contributed by atoms with Crippen molar-refractivity contribution in [1.29, 1.82) is 0 Å². The van der Waals surface area contributed by atoms with E-state index >= 15 is 0 Å². The number of carbonyl (C=O) groups excluding carboxylic acids is 1. The second-order valence-corrected chi connectivity index (χ2v) is 6.33. The lowest BCUT2D eigenvalue weighted by Crippen LogP contribution is -2.43. The van der Waals surface area contributed by atoms with Crippen LogP contribution in [0.4, 0.5) is 0 Å².